The highest BCUT2D eigenvalue weighted by molar-refractivity contribution is 5.79. The van der Waals surface area contributed by atoms with Crippen LogP contribution in [0.2, 0.25) is 0 Å². The van der Waals surface area contributed by atoms with Crippen LogP contribution in [0.3, 0.4) is 0 Å². The fraction of sp³-hybridized carbons (Fsp3) is 0.217. The second-order valence-electron chi connectivity index (χ2n) is 7.17. The monoisotopic (exact) mass is 401 g/mol. The molecule has 2 heterocycles. The number of hydrogen-bond acceptors (Lipinski definition) is 5. The van der Waals surface area contributed by atoms with Crippen molar-refractivity contribution in [2.24, 2.45) is 0 Å². The zero-order valence-corrected chi connectivity index (χ0v) is 17.2. The van der Waals surface area contributed by atoms with Gasteiger partial charge in [-0.15, -0.1) is 5.10 Å². The number of ether oxygens (including phenoxy) is 1. The molecule has 0 spiro atoms. The molecule has 1 amide bonds. The molecule has 0 aliphatic carbocycles. The summed E-state index contributed by atoms with van der Waals surface area (Å²) in [7, 11) is 1.64. The summed E-state index contributed by atoms with van der Waals surface area (Å²) in [5, 5.41) is 7.44. The fourth-order valence-corrected chi connectivity index (χ4v) is 3.25. The number of aromatic nitrogens is 4. The molecule has 1 N–H and O–H groups in total. The highest BCUT2D eigenvalue weighted by Crippen LogP contribution is 2.21. The van der Waals surface area contributed by atoms with Crippen LogP contribution in [-0.2, 0) is 11.2 Å². The first-order valence-corrected chi connectivity index (χ1v) is 9.74. The lowest BCUT2D eigenvalue weighted by molar-refractivity contribution is -0.121. The zero-order valence-electron chi connectivity index (χ0n) is 17.2. The molecule has 2 aromatic heterocycles. The number of hydrogen-bond donors (Lipinski definition) is 1. The normalized spacial score (nSPS) is 12.0. The third-order valence-corrected chi connectivity index (χ3v) is 5.01. The highest BCUT2D eigenvalue weighted by atomic mass is 16.5. The first-order chi connectivity index (χ1) is 14.5. The Morgan fingerprint density at radius 1 is 1.17 bits per heavy atom. The standard InChI is InChI=1S/C23H23N5O2/c1-15-6-4-5-7-18(15)12-22(29)25-16(2)23-26-21-13-20(24-14-28(21)27-23)17-8-10-19(30-3)11-9-17/h4-11,13-14,16H,12H2,1-3H3,(H,25,29)/t16-/m0/s1. The minimum atomic E-state index is -0.314. The lowest BCUT2D eigenvalue weighted by atomic mass is 10.1. The quantitative estimate of drug-likeness (QED) is 0.535. The van der Waals surface area contributed by atoms with Crippen LogP contribution in [0.25, 0.3) is 16.9 Å². The Morgan fingerprint density at radius 2 is 1.93 bits per heavy atom. The van der Waals surface area contributed by atoms with Gasteiger partial charge in [0.25, 0.3) is 0 Å². The smallest absolute Gasteiger partial charge is 0.225 e. The van der Waals surface area contributed by atoms with Gasteiger partial charge in [-0.05, 0) is 49.2 Å². The Morgan fingerprint density at radius 3 is 2.67 bits per heavy atom. The van der Waals surface area contributed by atoms with E-state index in [1.54, 1.807) is 18.0 Å². The summed E-state index contributed by atoms with van der Waals surface area (Å²) >= 11 is 0. The van der Waals surface area contributed by atoms with E-state index in [0.717, 1.165) is 28.1 Å². The van der Waals surface area contributed by atoms with Gasteiger partial charge in [-0.1, -0.05) is 24.3 Å². The third kappa shape index (κ3) is 4.15. The topological polar surface area (TPSA) is 81.4 Å². The van der Waals surface area contributed by atoms with Gasteiger partial charge in [0.2, 0.25) is 5.91 Å². The summed E-state index contributed by atoms with van der Waals surface area (Å²) in [4.78, 5) is 21.5. The van der Waals surface area contributed by atoms with E-state index >= 15 is 0 Å². The number of aryl methyl sites for hydroxylation is 1. The number of methoxy groups -OCH3 is 1. The molecule has 0 saturated carbocycles. The fourth-order valence-electron chi connectivity index (χ4n) is 3.25. The molecular formula is C23H23N5O2. The lowest BCUT2D eigenvalue weighted by Gasteiger charge is -2.11. The molecule has 0 radical (unpaired) electrons. The van der Waals surface area contributed by atoms with E-state index in [4.69, 9.17) is 4.74 Å². The van der Waals surface area contributed by atoms with Crippen molar-refractivity contribution < 1.29 is 9.53 Å². The molecule has 30 heavy (non-hydrogen) atoms. The SMILES string of the molecule is COc1ccc(-c2cc3nc([C@H](C)NC(=O)Cc4ccccc4C)nn3cn2)cc1. The number of nitrogens with zero attached hydrogens (tertiary/aromatic N) is 4. The Balaban J connectivity index is 1.49. The Labute approximate surface area is 174 Å². The van der Waals surface area contributed by atoms with Crippen LogP contribution in [0.4, 0.5) is 0 Å². The van der Waals surface area contributed by atoms with Crippen LogP contribution >= 0.6 is 0 Å². The van der Waals surface area contributed by atoms with Gasteiger partial charge in [-0.25, -0.2) is 14.5 Å². The molecular weight excluding hydrogens is 378 g/mol. The van der Waals surface area contributed by atoms with Gasteiger partial charge in [0, 0.05) is 11.6 Å². The molecule has 7 nitrogen and oxygen atoms in total. The largest absolute Gasteiger partial charge is 0.497 e. The third-order valence-electron chi connectivity index (χ3n) is 5.01. The molecule has 2 aromatic carbocycles. The predicted molar refractivity (Wildman–Crippen MR) is 114 cm³/mol. The molecule has 7 heteroatoms. The predicted octanol–water partition coefficient (Wildman–Crippen LogP) is 3.53. The van der Waals surface area contributed by atoms with Crippen molar-refractivity contribution in [2.75, 3.05) is 7.11 Å². The maximum atomic E-state index is 12.5. The number of fused-ring (bicyclic) bond motifs is 1. The van der Waals surface area contributed by atoms with Crippen LogP contribution in [0, 0.1) is 6.92 Å². The Bertz CT molecular complexity index is 1180. The molecule has 4 rings (SSSR count). The minimum Gasteiger partial charge on any atom is -0.497 e. The molecule has 0 aliphatic heterocycles. The number of nitrogens with one attached hydrogen (secondary N) is 1. The van der Waals surface area contributed by atoms with Gasteiger partial charge in [0.1, 0.15) is 12.1 Å². The summed E-state index contributed by atoms with van der Waals surface area (Å²) in [6.45, 7) is 3.88. The molecule has 4 aromatic rings. The van der Waals surface area contributed by atoms with E-state index in [1.807, 2.05) is 68.4 Å². The van der Waals surface area contributed by atoms with Gasteiger partial charge in [0.15, 0.2) is 11.5 Å². The lowest BCUT2D eigenvalue weighted by Crippen LogP contribution is -2.29. The van der Waals surface area contributed by atoms with Crippen molar-refractivity contribution in [3.63, 3.8) is 0 Å². The average molecular weight is 401 g/mol. The van der Waals surface area contributed by atoms with Crippen molar-refractivity contribution in [3.05, 3.63) is 77.9 Å². The van der Waals surface area contributed by atoms with Crippen molar-refractivity contribution in [1.82, 2.24) is 24.9 Å². The molecule has 0 fully saturated rings. The van der Waals surface area contributed by atoms with E-state index in [9.17, 15) is 4.79 Å². The van der Waals surface area contributed by atoms with Gasteiger partial charge in [0.05, 0.1) is 25.3 Å². The summed E-state index contributed by atoms with van der Waals surface area (Å²) in [6.07, 6.45) is 1.96. The van der Waals surface area contributed by atoms with E-state index in [1.165, 1.54) is 0 Å². The zero-order chi connectivity index (χ0) is 21.1. The molecule has 0 aliphatic rings. The van der Waals surface area contributed by atoms with Crippen molar-refractivity contribution in [1.29, 1.82) is 0 Å². The van der Waals surface area contributed by atoms with Crippen LogP contribution < -0.4 is 10.1 Å². The number of amides is 1. The number of carbonyl (C=O) groups is 1. The summed E-state index contributed by atoms with van der Waals surface area (Å²) in [5.41, 5.74) is 4.54. The molecule has 0 unspecified atom stereocenters. The summed E-state index contributed by atoms with van der Waals surface area (Å²) in [6, 6.07) is 17.1. The van der Waals surface area contributed by atoms with Gasteiger partial charge in [-0.2, -0.15) is 0 Å². The molecule has 0 bridgehead atoms. The van der Waals surface area contributed by atoms with Gasteiger partial charge >= 0.3 is 0 Å². The van der Waals surface area contributed by atoms with Crippen molar-refractivity contribution in [2.45, 2.75) is 26.3 Å². The second kappa shape index (κ2) is 8.32. The first-order valence-electron chi connectivity index (χ1n) is 9.74. The number of benzene rings is 2. The van der Waals surface area contributed by atoms with Crippen LogP contribution in [0.1, 0.15) is 29.9 Å². The maximum Gasteiger partial charge on any atom is 0.225 e. The highest BCUT2D eigenvalue weighted by Gasteiger charge is 2.16. The van der Waals surface area contributed by atoms with E-state index in [-0.39, 0.29) is 11.9 Å². The van der Waals surface area contributed by atoms with E-state index < -0.39 is 0 Å². The number of rotatable bonds is 6. The van der Waals surface area contributed by atoms with Gasteiger partial charge < -0.3 is 10.1 Å². The Hall–Kier alpha value is -3.74. The Kier molecular flexibility index (Phi) is 5.43. The second-order valence-corrected chi connectivity index (χ2v) is 7.17. The maximum absolute atomic E-state index is 12.5. The van der Waals surface area contributed by atoms with Crippen LogP contribution in [-0.4, -0.2) is 32.6 Å². The average Bonchev–Trinajstić information content (AvgIpc) is 3.19. The van der Waals surface area contributed by atoms with Crippen molar-refractivity contribution >= 4 is 11.6 Å². The molecule has 0 saturated heterocycles. The first kappa shape index (κ1) is 19.6. The molecule has 1 atom stereocenters. The van der Waals surface area contributed by atoms with E-state index in [0.29, 0.717) is 17.9 Å². The molecule has 152 valence electrons. The summed E-state index contributed by atoms with van der Waals surface area (Å²) in [5.74, 6) is 1.27. The van der Waals surface area contributed by atoms with Crippen molar-refractivity contribution in [3.8, 4) is 17.0 Å². The summed E-state index contributed by atoms with van der Waals surface area (Å²) < 4.78 is 6.82. The van der Waals surface area contributed by atoms with E-state index in [2.05, 4.69) is 20.4 Å². The minimum absolute atomic E-state index is 0.0623. The number of carbonyl (C=O) groups excluding carboxylic acids is 1. The van der Waals surface area contributed by atoms with Crippen LogP contribution in [0.5, 0.6) is 5.75 Å². The van der Waals surface area contributed by atoms with Gasteiger partial charge in [-0.3, -0.25) is 4.79 Å². The van der Waals surface area contributed by atoms with Crippen LogP contribution in [0.15, 0.2) is 60.9 Å².